The maximum atomic E-state index is 12.2. The summed E-state index contributed by atoms with van der Waals surface area (Å²) in [5.74, 6) is -0.147. The van der Waals surface area contributed by atoms with Gasteiger partial charge in [-0.25, -0.2) is 9.97 Å². The molecular weight excluding hydrogens is 392 g/mol. The van der Waals surface area contributed by atoms with Crippen molar-refractivity contribution in [2.45, 2.75) is 11.3 Å². The molecule has 0 spiro atoms. The van der Waals surface area contributed by atoms with Gasteiger partial charge in [0.2, 0.25) is 5.91 Å². The fourth-order valence-corrected chi connectivity index (χ4v) is 5.16. The van der Waals surface area contributed by atoms with E-state index in [1.807, 2.05) is 25.1 Å². The molecule has 0 aliphatic heterocycles. The molecule has 0 radical (unpaired) electrons. The Morgan fingerprint density at radius 3 is 3.00 bits per heavy atom. The van der Waals surface area contributed by atoms with Gasteiger partial charge >= 0.3 is 0 Å². The molecule has 4 aromatic rings. The fourth-order valence-electron chi connectivity index (χ4n) is 2.39. The molecule has 0 aliphatic rings. The zero-order valence-electron chi connectivity index (χ0n) is 13.4. The van der Waals surface area contributed by atoms with E-state index in [4.69, 9.17) is 0 Å². The van der Waals surface area contributed by atoms with Gasteiger partial charge in [0.05, 0.1) is 16.0 Å². The number of aromatic amines is 1. The number of rotatable bonds is 4. The van der Waals surface area contributed by atoms with E-state index in [2.05, 4.69) is 20.3 Å². The van der Waals surface area contributed by atoms with Gasteiger partial charge < -0.3 is 15.4 Å². The summed E-state index contributed by atoms with van der Waals surface area (Å²) in [5.41, 5.74) is 1.87. The number of aromatic hydroxyl groups is 1. The average molecular weight is 404 g/mol. The number of H-pyrrole nitrogens is 1. The Morgan fingerprint density at radius 2 is 2.19 bits per heavy atom. The molecule has 3 heterocycles. The molecule has 1 amide bonds. The molecule has 0 aliphatic carbocycles. The summed E-state index contributed by atoms with van der Waals surface area (Å²) in [7, 11) is 0. The third kappa shape index (κ3) is 3.30. The molecule has 0 saturated heterocycles. The lowest BCUT2D eigenvalue weighted by Crippen LogP contribution is -2.13. The average Bonchev–Trinajstić information content (AvgIpc) is 3.17. The van der Waals surface area contributed by atoms with Crippen molar-refractivity contribution in [1.29, 1.82) is 0 Å². The predicted molar refractivity (Wildman–Crippen MR) is 106 cm³/mol. The summed E-state index contributed by atoms with van der Waals surface area (Å²) < 4.78 is 2.11. The topological polar surface area (TPSA) is 108 Å². The van der Waals surface area contributed by atoms with Crippen LogP contribution in [0.4, 0.5) is 5.13 Å². The van der Waals surface area contributed by atoms with Gasteiger partial charge in [-0.05, 0) is 18.6 Å². The summed E-state index contributed by atoms with van der Waals surface area (Å²) in [6, 6.07) is 7.02. The number of nitrogens with one attached hydrogen (secondary N) is 2. The highest BCUT2D eigenvalue weighted by Crippen LogP contribution is 2.33. The van der Waals surface area contributed by atoms with Crippen LogP contribution in [0.3, 0.4) is 0 Å². The number of thiazole rings is 2. The molecule has 0 fully saturated rings. The molecule has 1 aromatic carbocycles. The molecule has 0 atom stereocenters. The second-order valence-corrected chi connectivity index (χ2v) is 8.71. The van der Waals surface area contributed by atoms with Gasteiger partial charge in [0.25, 0.3) is 5.56 Å². The van der Waals surface area contributed by atoms with E-state index in [0.717, 1.165) is 21.8 Å². The molecule has 4 rings (SSSR count). The number of nitrogens with zero attached hydrogens (tertiary/aromatic N) is 2. The predicted octanol–water partition coefficient (Wildman–Crippen LogP) is 3.34. The molecule has 132 valence electrons. The molecule has 3 aromatic heterocycles. The SMILES string of the molecule is Cc1cccc2sc(NC(=O)CSc3nc4[nH]c(=O)cc(O)c4s3)nc12. The van der Waals surface area contributed by atoms with Crippen molar-refractivity contribution >= 4 is 66.0 Å². The molecule has 26 heavy (non-hydrogen) atoms. The number of hydrogen-bond donors (Lipinski definition) is 3. The maximum absolute atomic E-state index is 12.2. The molecule has 7 nitrogen and oxygen atoms in total. The number of carbonyl (C=O) groups is 1. The van der Waals surface area contributed by atoms with E-state index in [-0.39, 0.29) is 17.4 Å². The first-order valence-electron chi connectivity index (χ1n) is 7.51. The van der Waals surface area contributed by atoms with Crippen molar-refractivity contribution in [3.8, 4) is 5.75 Å². The summed E-state index contributed by atoms with van der Waals surface area (Å²) in [4.78, 5) is 34.8. The van der Waals surface area contributed by atoms with Crippen LogP contribution in [0.25, 0.3) is 20.6 Å². The van der Waals surface area contributed by atoms with Gasteiger partial charge in [0.15, 0.2) is 15.1 Å². The quantitative estimate of drug-likeness (QED) is 0.450. The number of aryl methyl sites for hydroxylation is 1. The lowest BCUT2D eigenvalue weighted by atomic mass is 10.2. The van der Waals surface area contributed by atoms with Crippen molar-refractivity contribution < 1.29 is 9.90 Å². The van der Waals surface area contributed by atoms with Crippen molar-refractivity contribution in [2.75, 3.05) is 11.1 Å². The van der Waals surface area contributed by atoms with Gasteiger partial charge in [0.1, 0.15) is 10.4 Å². The van der Waals surface area contributed by atoms with Gasteiger partial charge in [-0.3, -0.25) is 9.59 Å². The molecular formula is C16H12N4O3S3. The van der Waals surface area contributed by atoms with Crippen LogP contribution < -0.4 is 10.9 Å². The second kappa shape index (κ2) is 6.71. The lowest BCUT2D eigenvalue weighted by molar-refractivity contribution is -0.113. The standard InChI is InChI=1S/C16H12N4O3S3/c1-7-3-2-4-9-12(7)19-15(25-9)18-11(23)6-24-16-20-14-13(26-16)8(21)5-10(22)17-14/h2-5H,6H2,1H3,(H2,17,21,22)(H,18,19,23). The zero-order chi connectivity index (χ0) is 18.3. The van der Waals surface area contributed by atoms with Crippen LogP contribution in [0, 0.1) is 6.92 Å². The van der Waals surface area contributed by atoms with Crippen LogP contribution in [0.2, 0.25) is 0 Å². The number of benzene rings is 1. The van der Waals surface area contributed by atoms with Crippen molar-refractivity contribution in [3.63, 3.8) is 0 Å². The Bertz CT molecular complexity index is 1190. The van der Waals surface area contributed by atoms with Crippen LogP contribution in [0.1, 0.15) is 5.56 Å². The molecule has 10 heteroatoms. The number of thioether (sulfide) groups is 1. The van der Waals surface area contributed by atoms with Crippen LogP contribution in [-0.4, -0.2) is 31.7 Å². The minimum absolute atomic E-state index is 0.109. The normalized spacial score (nSPS) is 11.3. The minimum atomic E-state index is -0.416. The number of amides is 1. The number of para-hydroxylation sites is 1. The highest BCUT2D eigenvalue weighted by molar-refractivity contribution is 8.01. The first-order valence-corrected chi connectivity index (χ1v) is 10.1. The highest BCUT2D eigenvalue weighted by atomic mass is 32.2. The van der Waals surface area contributed by atoms with Gasteiger partial charge in [-0.15, -0.1) is 11.3 Å². The number of carbonyl (C=O) groups excluding carboxylic acids is 1. The monoisotopic (exact) mass is 404 g/mol. The zero-order valence-corrected chi connectivity index (χ0v) is 15.8. The van der Waals surface area contributed by atoms with E-state index in [0.29, 0.717) is 19.8 Å². The van der Waals surface area contributed by atoms with E-state index in [1.54, 1.807) is 0 Å². The van der Waals surface area contributed by atoms with E-state index in [9.17, 15) is 14.7 Å². The minimum Gasteiger partial charge on any atom is -0.506 e. The molecule has 0 bridgehead atoms. The summed E-state index contributed by atoms with van der Waals surface area (Å²) in [6.07, 6.45) is 0. The third-order valence-corrected chi connectivity index (χ3v) is 6.70. The number of hydrogen-bond acceptors (Lipinski definition) is 8. The number of pyridine rings is 1. The van der Waals surface area contributed by atoms with Crippen LogP contribution in [0.5, 0.6) is 5.75 Å². The Morgan fingerprint density at radius 1 is 1.35 bits per heavy atom. The Hall–Kier alpha value is -2.43. The first kappa shape index (κ1) is 17.0. The van der Waals surface area contributed by atoms with Crippen molar-refractivity contribution in [2.24, 2.45) is 0 Å². The van der Waals surface area contributed by atoms with Gasteiger partial charge in [-0.1, -0.05) is 35.2 Å². The molecule has 3 N–H and O–H groups in total. The van der Waals surface area contributed by atoms with Crippen LogP contribution in [0.15, 0.2) is 33.4 Å². The smallest absolute Gasteiger partial charge is 0.253 e. The van der Waals surface area contributed by atoms with Gasteiger partial charge in [-0.2, -0.15) is 0 Å². The maximum Gasteiger partial charge on any atom is 0.253 e. The number of fused-ring (bicyclic) bond motifs is 2. The number of anilines is 1. The van der Waals surface area contributed by atoms with Crippen LogP contribution in [-0.2, 0) is 4.79 Å². The van der Waals surface area contributed by atoms with Crippen molar-refractivity contribution in [3.05, 3.63) is 40.2 Å². The van der Waals surface area contributed by atoms with E-state index >= 15 is 0 Å². The highest BCUT2D eigenvalue weighted by Gasteiger charge is 2.13. The van der Waals surface area contributed by atoms with E-state index < -0.39 is 5.56 Å². The Kier molecular flexibility index (Phi) is 4.39. The Labute approximate surface area is 159 Å². The first-order chi connectivity index (χ1) is 12.5. The summed E-state index contributed by atoms with van der Waals surface area (Å²) in [6.45, 7) is 1.98. The van der Waals surface area contributed by atoms with Crippen molar-refractivity contribution in [1.82, 2.24) is 15.0 Å². The van der Waals surface area contributed by atoms with E-state index in [1.165, 1.54) is 34.4 Å². The summed E-state index contributed by atoms with van der Waals surface area (Å²) in [5, 5.41) is 13.1. The number of aromatic nitrogens is 3. The molecule has 0 saturated carbocycles. The third-order valence-electron chi connectivity index (χ3n) is 3.54. The summed E-state index contributed by atoms with van der Waals surface area (Å²) >= 11 is 3.89. The second-order valence-electron chi connectivity index (χ2n) is 5.45. The largest absolute Gasteiger partial charge is 0.506 e. The molecule has 0 unspecified atom stereocenters. The van der Waals surface area contributed by atoms with Gasteiger partial charge in [0, 0.05) is 6.07 Å². The van der Waals surface area contributed by atoms with Crippen LogP contribution >= 0.6 is 34.4 Å². The fraction of sp³-hybridized carbons (Fsp3) is 0.125. The Balaban J connectivity index is 1.45. The lowest BCUT2D eigenvalue weighted by Gasteiger charge is -1.99.